The lowest BCUT2D eigenvalue weighted by Gasteiger charge is -2.32. The zero-order valence-corrected chi connectivity index (χ0v) is 18.1. The second kappa shape index (κ2) is 7.86. The van der Waals surface area contributed by atoms with Crippen molar-refractivity contribution >= 4 is 45.4 Å². The van der Waals surface area contributed by atoms with Crippen LogP contribution in [0.5, 0.6) is 0 Å². The zero-order chi connectivity index (χ0) is 21.5. The number of imide groups is 1. The van der Waals surface area contributed by atoms with Gasteiger partial charge in [0.05, 0.1) is 11.3 Å². The molecule has 2 amide bonds. The van der Waals surface area contributed by atoms with Gasteiger partial charge in [0.15, 0.2) is 0 Å². The fourth-order valence-electron chi connectivity index (χ4n) is 4.54. The number of hydrogen-bond donors (Lipinski definition) is 0. The number of rotatable bonds is 3. The van der Waals surface area contributed by atoms with Crippen molar-refractivity contribution in [3.63, 3.8) is 0 Å². The van der Waals surface area contributed by atoms with E-state index in [1.54, 1.807) is 12.1 Å². The van der Waals surface area contributed by atoms with Crippen molar-refractivity contribution in [1.29, 1.82) is 0 Å². The highest BCUT2D eigenvalue weighted by Crippen LogP contribution is 2.38. The van der Waals surface area contributed by atoms with Gasteiger partial charge >= 0.3 is 0 Å². The summed E-state index contributed by atoms with van der Waals surface area (Å²) in [5, 5.41) is 2.48. The highest BCUT2D eigenvalue weighted by atomic mass is 35.5. The SMILES string of the molecule is CC1CCN(C2=C(c3ccc(Cl)cc3)C(=O)N(c3cccc4ccccc34)C2=O)CC1. The maximum absolute atomic E-state index is 13.8. The first kappa shape index (κ1) is 19.8. The summed E-state index contributed by atoms with van der Waals surface area (Å²) in [6.45, 7) is 3.78. The molecule has 0 atom stereocenters. The predicted octanol–water partition coefficient (Wildman–Crippen LogP) is 5.51. The molecule has 31 heavy (non-hydrogen) atoms. The Morgan fingerprint density at radius 3 is 2.26 bits per heavy atom. The van der Waals surface area contributed by atoms with Crippen molar-refractivity contribution in [2.45, 2.75) is 19.8 Å². The van der Waals surface area contributed by atoms with Gasteiger partial charge in [0.2, 0.25) is 0 Å². The summed E-state index contributed by atoms with van der Waals surface area (Å²) in [7, 11) is 0. The third-order valence-corrected chi connectivity index (χ3v) is 6.55. The van der Waals surface area contributed by atoms with Crippen LogP contribution in [0.15, 0.2) is 72.4 Å². The second-order valence-electron chi connectivity index (χ2n) is 8.34. The van der Waals surface area contributed by atoms with Crippen LogP contribution in [-0.2, 0) is 9.59 Å². The molecular formula is C26H23ClN2O2. The average Bonchev–Trinajstić information content (AvgIpc) is 3.04. The lowest BCUT2D eigenvalue weighted by atomic mass is 9.97. The monoisotopic (exact) mass is 430 g/mol. The Bertz CT molecular complexity index is 1200. The largest absolute Gasteiger partial charge is 0.366 e. The van der Waals surface area contributed by atoms with E-state index in [1.807, 2.05) is 54.6 Å². The minimum absolute atomic E-state index is 0.249. The Balaban J connectivity index is 1.65. The third-order valence-electron chi connectivity index (χ3n) is 6.30. The number of hydrogen-bond acceptors (Lipinski definition) is 3. The number of nitrogens with zero attached hydrogens (tertiary/aromatic N) is 2. The van der Waals surface area contributed by atoms with Crippen LogP contribution in [0.3, 0.4) is 0 Å². The molecule has 2 heterocycles. The molecule has 2 aliphatic rings. The van der Waals surface area contributed by atoms with Crippen molar-refractivity contribution in [3.8, 4) is 0 Å². The Hall–Kier alpha value is -3.11. The van der Waals surface area contributed by atoms with Crippen LogP contribution in [-0.4, -0.2) is 29.8 Å². The molecule has 0 radical (unpaired) electrons. The molecule has 1 fully saturated rings. The average molecular weight is 431 g/mol. The van der Waals surface area contributed by atoms with E-state index >= 15 is 0 Å². The third kappa shape index (κ3) is 3.41. The Labute approximate surface area is 186 Å². The number of halogens is 1. The van der Waals surface area contributed by atoms with Gasteiger partial charge in [-0.2, -0.15) is 0 Å². The summed E-state index contributed by atoms with van der Waals surface area (Å²) in [5.41, 5.74) is 2.32. The number of amides is 2. The Kier molecular flexibility index (Phi) is 5.03. The number of carbonyl (C=O) groups excluding carboxylic acids is 2. The van der Waals surface area contributed by atoms with Gasteiger partial charge in [-0.3, -0.25) is 9.59 Å². The number of anilines is 1. The summed E-state index contributed by atoms with van der Waals surface area (Å²) >= 11 is 6.09. The predicted molar refractivity (Wildman–Crippen MR) is 125 cm³/mol. The Morgan fingerprint density at radius 1 is 0.839 bits per heavy atom. The molecule has 1 saturated heterocycles. The molecule has 0 bridgehead atoms. The van der Waals surface area contributed by atoms with Gasteiger partial charge in [0.1, 0.15) is 5.70 Å². The van der Waals surface area contributed by atoms with Crippen LogP contribution in [0.1, 0.15) is 25.3 Å². The maximum Gasteiger partial charge on any atom is 0.282 e. The molecule has 3 aromatic carbocycles. The smallest absolute Gasteiger partial charge is 0.282 e. The molecule has 156 valence electrons. The number of carbonyl (C=O) groups is 2. The van der Waals surface area contributed by atoms with Gasteiger partial charge in [-0.05, 0) is 47.9 Å². The number of benzene rings is 3. The summed E-state index contributed by atoms with van der Waals surface area (Å²) in [6.07, 6.45) is 2.01. The number of likely N-dealkylation sites (tertiary alicyclic amines) is 1. The van der Waals surface area contributed by atoms with E-state index in [2.05, 4.69) is 11.8 Å². The minimum Gasteiger partial charge on any atom is -0.366 e. The van der Waals surface area contributed by atoms with Gasteiger partial charge in [-0.1, -0.05) is 67.1 Å². The van der Waals surface area contributed by atoms with E-state index in [9.17, 15) is 9.59 Å². The van der Waals surface area contributed by atoms with E-state index < -0.39 is 0 Å². The quantitative estimate of drug-likeness (QED) is 0.514. The van der Waals surface area contributed by atoms with E-state index in [-0.39, 0.29) is 11.8 Å². The zero-order valence-electron chi connectivity index (χ0n) is 17.3. The number of fused-ring (bicyclic) bond motifs is 1. The van der Waals surface area contributed by atoms with Gasteiger partial charge in [-0.25, -0.2) is 4.90 Å². The fourth-order valence-corrected chi connectivity index (χ4v) is 4.67. The van der Waals surface area contributed by atoms with E-state index in [4.69, 9.17) is 11.6 Å². The molecule has 3 aromatic rings. The normalized spacial score (nSPS) is 17.9. The van der Waals surface area contributed by atoms with Crippen molar-refractivity contribution in [2.75, 3.05) is 18.0 Å². The molecule has 0 aliphatic carbocycles. The minimum atomic E-state index is -0.280. The summed E-state index contributed by atoms with van der Waals surface area (Å²) in [6, 6.07) is 20.7. The van der Waals surface area contributed by atoms with Crippen LogP contribution >= 0.6 is 11.6 Å². The van der Waals surface area contributed by atoms with Gasteiger partial charge in [0, 0.05) is 23.5 Å². The molecule has 0 saturated carbocycles. The first-order chi connectivity index (χ1) is 15.0. The molecule has 2 aliphatic heterocycles. The van der Waals surface area contributed by atoms with Crippen LogP contribution in [0.2, 0.25) is 5.02 Å². The molecule has 0 unspecified atom stereocenters. The van der Waals surface area contributed by atoms with Crippen molar-refractivity contribution in [1.82, 2.24) is 4.90 Å². The van der Waals surface area contributed by atoms with Crippen LogP contribution in [0.4, 0.5) is 5.69 Å². The summed E-state index contributed by atoms with van der Waals surface area (Å²) < 4.78 is 0. The highest BCUT2D eigenvalue weighted by Gasteiger charge is 2.43. The van der Waals surface area contributed by atoms with Crippen LogP contribution < -0.4 is 4.90 Å². The lowest BCUT2D eigenvalue weighted by Crippen LogP contribution is -2.38. The topological polar surface area (TPSA) is 40.6 Å². The van der Waals surface area contributed by atoms with Crippen molar-refractivity contribution < 1.29 is 9.59 Å². The molecule has 0 aromatic heterocycles. The molecular weight excluding hydrogens is 408 g/mol. The van der Waals surface area contributed by atoms with Crippen LogP contribution in [0, 0.1) is 5.92 Å². The molecule has 5 rings (SSSR count). The van der Waals surface area contributed by atoms with Crippen molar-refractivity contribution in [2.24, 2.45) is 5.92 Å². The van der Waals surface area contributed by atoms with Crippen molar-refractivity contribution in [3.05, 3.63) is 83.0 Å². The fraction of sp³-hybridized carbons (Fsp3) is 0.231. The van der Waals surface area contributed by atoms with Crippen LogP contribution in [0.25, 0.3) is 16.3 Å². The standard InChI is InChI=1S/C26H23ClN2O2/c1-17-13-15-28(16-14-17)24-23(19-9-11-20(27)12-10-19)25(30)29(26(24)31)22-8-4-6-18-5-2-3-7-21(18)22/h2-12,17H,13-16H2,1H3. The molecule has 5 heteroatoms. The van der Waals surface area contributed by atoms with Gasteiger partial charge < -0.3 is 4.90 Å². The molecule has 4 nitrogen and oxygen atoms in total. The number of piperidine rings is 1. The van der Waals surface area contributed by atoms with Gasteiger partial charge in [-0.15, -0.1) is 0 Å². The van der Waals surface area contributed by atoms with E-state index in [0.717, 1.165) is 42.3 Å². The first-order valence-corrected chi connectivity index (χ1v) is 11.0. The molecule has 0 spiro atoms. The first-order valence-electron chi connectivity index (χ1n) is 10.7. The summed E-state index contributed by atoms with van der Waals surface area (Å²) in [4.78, 5) is 31.0. The highest BCUT2D eigenvalue weighted by molar-refractivity contribution is 6.46. The lowest BCUT2D eigenvalue weighted by molar-refractivity contribution is -0.120. The van der Waals surface area contributed by atoms with E-state index in [1.165, 1.54) is 4.90 Å². The van der Waals surface area contributed by atoms with Gasteiger partial charge in [0.25, 0.3) is 11.8 Å². The second-order valence-corrected chi connectivity index (χ2v) is 8.78. The summed E-state index contributed by atoms with van der Waals surface area (Å²) in [5.74, 6) is 0.0929. The molecule has 0 N–H and O–H groups in total. The Morgan fingerprint density at radius 2 is 1.52 bits per heavy atom. The van der Waals surface area contributed by atoms with E-state index in [0.29, 0.717) is 27.9 Å². The maximum atomic E-state index is 13.8.